The van der Waals surface area contributed by atoms with Gasteiger partial charge >= 0.3 is 0 Å². The Balaban J connectivity index is 3.09. The molecule has 3 N–H and O–H groups in total. The van der Waals surface area contributed by atoms with Crippen LogP contribution in [0.4, 0.5) is 0 Å². The molecule has 0 unspecified atom stereocenters. The lowest BCUT2D eigenvalue weighted by Gasteiger charge is -2.14. The average Bonchev–Trinajstić information content (AvgIpc) is 2.24. The number of phenolic OH excluding ortho intramolecular Hbond substituents is 1. The van der Waals surface area contributed by atoms with Crippen molar-refractivity contribution in [1.82, 2.24) is 4.90 Å². The Hall–Kier alpha value is -1.39. The molecule has 1 aromatic rings. The van der Waals surface area contributed by atoms with Crippen LogP contribution in [0.5, 0.6) is 5.75 Å². The lowest BCUT2D eigenvalue weighted by Crippen LogP contribution is -2.13. The predicted octanol–water partition coefficient (Wildman–Crippen LogP) is 1.29. The van der Waals surface area contributed by atoms with Gasteiger partial charge in [0, 0.05) is 24.1 Å². The maximum atomic E-state index is 11.8. The Morgan fingerprint density at radius 2 is 2.06 bits per heavy atom. The van der Waals surface area contributed by atoms with Crippen LogP contribution in [0.1, 0.15) is 27.9 Å². The molecule has 0 heterocycles. The van der Waals surface area contributed by atoms with E-state index in [-0.39, 0.29) is 11.5 Å². The van der Waals surface area contributed by atoms with Crippen molar-refractivity contribution in [2.75, 3.05) is 20.6 Å². The largest absolute Gasteiger partial charge is 0.507 e. The first-order chi connectivity index (χ1) is 7.95. The minimum atomic E-state index is 0.0237. The van der Waals surface area contributed by atoms with Crippen LogP contribution in [0, 0.1) is 6.92 Å². The molecule has 0 amide bonds. The molecule has 0 aliphatic heterocycles. The number of nitrogens with zero attached hydrogens (tertiary/aromatic N) is 1. The third kappa shape index (κ3) is 3.54. The van der Waals surface area contributed by atoms with Gasteiger partial charge in [-0.25, -0.2) is 0 Å². The molecule has 0 spiro atoms. The van der Waals surface area contributed by atoms with Crippen LogP contribution in [0.25, 0.3) is 0 Å². The fourth-order valence-electron chi connectivity index (χ4n) is 1.75. The normalized spacial score (nSPS) is 10.9. The molecular weight excluding hydrogens is 216 g/mol. The number of carbonyl (C=O) groups is 1. The number of carbonyl (C=O) groups excluding carboxylic acids is 1. The minimum absolute atomic E-state index is 0.0237. The van der Waals surface area contributed by atoms with Crippen molar-refractivity contribution in [1.29, 1.82) is 0 Å². The number of ketones is 1. The maximum absolute atomic E-state index is 11.8. The summed E-state index contributed by atoms with van der Waals surface area (Å²) in [7, 11) is 3.84. The van der Waals surface area contributed by atoms with Gasteiger partial charge in [0.1, 0.15) is 5.75 Å². The van der Waals surface area contributed by atoms with Gasteiger partial charge in [-0.1, -0.05) is 0 Å². The van der Waals surface area contributed by atoms with E-state index in [4.69, 9.17) is 5.73 Å². The third-order valence-corrected chi connectivity index (χ3v) is 2.56. The number of aryl methyl sites for hydroxylation is 1. The van der Waals surface area contributed by atoms with E-state index in [9.17, 15) is 9.90 Å². The summed E-state index contributed by atoms with van der Waals surface area (Å²) in [5, 5.41) is 9.92. The van der Waals surface area contributed by atoms with Gasteiger partial charge in [-0.2, -0.15) is 0 Å². The number of hydrogen-bond donors (Lipinski definition) is 2. The summed E-state index contributed by atoms with van der Waals surface area (Å²) in [6, 6.07) is 3.47. The molecule has 0 fully saturated rings. The van der Waals surface area contributed by atoms with E-state index in [0.29, 0.717) is 25.1 Å². The smallest absolute Gasteiger partial charge is 0.164 e. The van der Waals surface area contributed by atoms with Crippen LogP contribution in [-0.2, 0) is 6.54 Å². The monoisotopic (exact) mass is 236 g/mol. The molecule has 0 saturated carbocycles. The molecule has 0 saturated heterocycles. The highest BCUT2D eigenvalue weighted by atomic mass is 16.3. The number of nitrogens with two attached hydrogens (primary N) is 1. The summed E-state index contributed by atoms with van der Waals surface area (Å²) in [6.07, 6.45) is 0.339. The van der Waals surface area contributed by atoms with Crippen LogP contribution < -0.4 is 5.73 Å². The van der Waals surface area contributed by atoms with Gasteiger partial charge in [-0.3, -0.25) is 4.79 Å². The molecule has 0 atom stereocenters. The first kappa shape index (κ1) is 13.7. The summed E-state index contributed by atoms with van der Waals surface area (Å²) in [6.45, 7) is 2.76. The zero-order chi connectivity index (χ0) is 13.0. The Bertz CT molecular complexity index is 414. The summed E-state index contributed by atoms with van der Waals surface area (Å²) in [5.41, 5.74) is 7.50. The van der Waals surface area contributed by atoms with E-state index < -0.39 is 0 Å². The highest BCUT2D eigenvalue weighted by Gasteiger charge is 2.12. The Labute approximate surface area is 102 Å². The first-order valence-electron chi connectivity index (χ1n) is 5.66. The average molecular weight is 236 g/mol. The van der Waals surface area contributed by atoms with Gasteiger partial charge in [-0.05, 0) is 45.3 Å². The van der Waals surface area contributed by atoms with Crippen molar-refractivity contribution in [3.8, 4) is 5.75 Å². The van der Waals surface area contributed by atoms with E-state index in [2.05, 4.69) is 0 Å². The van der Waals surface area contributed by atoms with Gasteiger partial charge in [0.25, 0.3) is 0 Å². The summed E-state index contributed by atoms with van der Waals surface area (Å²) in [5.74, 6) is 0.290. The molecule has 4 heteroatoms. The number of benzene rings is 1. The predicted molar refractivity (Wildman–Crippen MR) is 68.2 cm³/mol. The zero-order valence-corrected chi connectivity index (χ0v) is 10.7. The second-order valence-electron chi connectivity index (χ2n) is 4.50. The van der Waals surface area contributed by atoms with E-state index in [1.807, 2.05) is 19.0 Å². The van der Waals surface area contributed by atoms with Crippen LogP contribution in [0.2, 0.25) is 0 Å². The van der Waals surface area contributed by atoms with Crippen molar-refractivity contribution < 1.29 is 9.90 Å². The molecular formula is C13H20N2O2. The van der Waals surface area contributed by atoms with E-state index in [0.717, 1.165) is 11.1 Å². The van der Waals surface area contributed by atoms with Crippen LogP contribution in [0.3, 0.4) is 0 Å². The van der Waals surface area contributed by atoms with Crippen molar-refractivity contribution in [3.63, 3.8) is 0 Å². The molecule has 1 aromatic carbocycles. The van der Waals surface area contributed by atoms with Gasteiger partial charge in [-0.15, -0.1) is 0 Å². The lowest BCUT2D eigenvalue weighted by atomic mass is 10.0. The van der Waals surface area contributed by atoms with E-state index in [1.54, 1.807) is 19.1 Å². The van der Waals surface area contributed by atoms with Gasteiger partial charge in [0.2, 0.25) is 0 Å². The standard InChI is InChI=1S/C13H20N2O2/c1-9-6-10(12(16)4-5-14)7-11(13(9)17)8-15(2)3/h6-7,17H,4-5,8,14H2,1-3H3. The second-order valence-corrected chi connectivity index (χ2v) is 4.50. The highest BCUT2D eigenvalue weighted by molar-refractivity contribution is 5.96. The Morgan fingerprint density at radius 3 is 2.59 bits per heavy atom. The number of rotatable bonds is 5. The number of Topliss-reactive ketones (excluding diaryl/α,β-unsaturated/α-hetero) is 1. The van der Waals surface area contributed by atoms with Crippen LogP contribution in [0.15, 0.2) is 12.1 Å². The van der Waals surface area contributed by atoms with Crippen LogP contribution >= 0.6 is 0 Å². The zero-order valence-electron chi connectivity index (χ0n) is 10.7. The summed E-state index contributed by atoms with van der Waals surface area (Å²) >= 11 is 0. The molecule has 0 radical (unpaired) electrons. The summed E-state index contributed by atoms with van der Waals surface area (Å²) in [4.78, 5) is 13.7. The SMILES string of the molecule is Cc1cc(C(=O)CCN)cc(CN(C)C)c1O. The number of phenols is 1. The van der Waals surface area contributed by atoms with Crippen molar-refractivity contribution in [3.05, 3.63) is 28.8 Å². The molecule has 17 heavy (non-hydrogen) atoms. The first-order valence-corrected chi connectivity index (χ1v) is 5.66. The fourth-order valence-corrected chi connectivity index (χ4v) is 1.75. The van der Waals surface area contributed by atoms with E-state index in [1.165, 1.54) is 0 Å². The highest BCUT2D eigenvalue weighted by Crippen LogP contribution is 2.25. The second kappa shape index (κ2) is 5.80. The molecule has 94 valence electrons. The van der Waals surface area contributed by atoms with Gasteiger partial charge in [0.05, 0.1) is 0 Å². The molecule has 4 nitrogen and oxygen atoms in total. The third-order valence-electron chi connectivity index (χ3n) is 2.56. The minimum Gasteiger partial charge on any atom is -0.507 e. The van der Waals surface area contributed by atoms with Crippen molar-refractivity contribution in [2.24, 2.45) is 5.73 Å². The molecule has 0 bridgehead atoms. The molecule has 0 aliphatic rings. The quantitative estimate of drug-likeness (QED) is 0.756. The molecule has 1 rings (SSSR count). The topological polar surface area (TPSA) is 66.6 Å². The number of hydrogen-bond acceptors (Lipinski definition) is 4. The summed E-state index contributed by atoms with van der Waals surface area (Å²) < 4.78 is 0. The molecule has 0 aliphatic carbocycles. The lowest BCUT2D eigenvalue weighted by molar-refractivity contribution is 0.0985. The van der Waals surface area contributed by atoms with Crippen molar-refractivity contribution in [2.45, 2.75) is 19.9 Å². The van der Waals surface area contributed by atoms with Crippen molar-refractivity contribution >= 4 is 5.78 Å². The van der Waals surface area contributed by atoms with Gasteiger partial charge < -0.3 is 15.7 Å². The van der Waals surface area contributed by atoms with E-state index >= 15 is 0 Å². The van der Waals surface area contributed by atoms with Crippen LogP contribution in [-0.4, -0.2) is 36.4 Å². The molecule has 0 aromatic heterocycles. The fraction of sp³-hybridized carbons (Fsp3) is 0.462. The Kier molecular flexibility index (Phi) is 4.66. The number of aromatic hydroxyl groups is 1. The van der Waals surface area contributed by atoms with Gasteiger partial charge in [0.15, 0.2) is 5.78 Å². The Morgan fingerprint density at radius 1 is 1.41 bits per heavy atom. The maximum Gasteiger partial charge on any atom is 0.164 e.